The number of esters is 1. The first kappa shape index (κ1) is 30.3. The molecular weight excluding hydrogens is 520 g/mol. The number of carboxylic acids is 2. The molecule has 2 N–H and O–H groups in total. The van der Waals surface area contributed by atoms with Gasteiger partial charge >= 0.3 is 17.9 Å². The van der Waals surface area contributed by atoms with Gasteiger partial charge in [0.25, 0.3) is 0 Å². The SMILES string of the molecule is CC1(C)C2CC[C@]3(C)[C@H](C(=O)C=C4[C@H]5C[C@](C)(C(=O)O)CC[C@]5(C)CC[C@]43C)[C@@]2(C)CC[C@@H]1OC(=O)CCC(=O)O. The first-order valence-corrected chi connectivity index (χ1v) is 15.7. The summed E-state index contributed by atoms with van der Waals surface area (Å²) < 4.78 is 5.91. The van der Waals surface area contributed by atoms with Crippen LogP contribution in [0.2, 0.25) is 0 Å². The van der Waals surface area contributed by atoms with Crippen LogP contribution >= 0.6 is 0 Å². The molecular formula is C34H50O7. The topological polar surface area (TPSA) is 118 Å². The molecule has 0 aromatic rings. The number of fused-ring (bicyclic) bond motifs is 7. The smallest absolute Gasteiger partial charge is 0.309 e. The van der Waals surface area contributed by atoms with Crippen molar-refractivity contribution in [3.05, 3.63) is 11.6 Å². The molecule has 4 saturated carbocycles. The lowest BCUT2D eigenvalue weighted by molar-refractivity contribution is -0.211. The number of carboxylic acid groups (broad SMARTS) is 2. The van der Waals surface area contributed by atoms with Gasteiger partial charge in [-0.25, -0.2) is 0 Å². The molecule has 0 aromatic heterocycles. The van der Waals surface area contributed by atoms with Gasteiger partial charge in [0.2, 0.25) is 0 Å². The minimum absolute atomic E-state index is 0.0233. The Hall–Kier alpha value is -2.18. The first-order chi connectivity index (χ1) is 18.8. The lowest BCUT2D eigenvalue weighted by Crippen LogP contribution is -2.66. The van der Waals surface area contributed by atoms with Crippen LogP contribution in [0.4, 0.5) is 0 Å². The monoisotopic (exact) mass is 570 g/mol. The number of ether oxygens (including phenoxy) is 1. The fourth-order valence-corrected chi connectivity index (χ4v) is 11.0. The molecule has 9 atom stereocenters. The van der Waals surface area contributed by atoms with Crippen molar-refractivity contribution in [1.82, 2.24) is 0 Å². The highest BCUT2D eigenvalue weighted by Crippen LogP contribution is 2.75. The zero-order valence-corrected chi connectivity index (χ0v) is 26.1. The third-order valence-corrected chi connectivity index (χ3v) is 13.8. The highest BCUT2D eigenvalue weighted by molar-refractivity contribution is 5.95. The second-order valence-corrected chi connectivity index (χ2v) is 16.3. The molecule has 228 valence electrons. The summed E-state index contributed by atoms with van der Waals surface area (Å²) in [6.07, 6.45) is 8.80. The molecule has 5 rings (SSSR count). The van der Waals surface area contributed by atoms with Gasteiger partial charge in [-0.1, -0.05) is 47.1 Å². The van der Waals surface area contributed by atoms with E-state index in [4.69, 9.17) is 9.84 Å². The zero-order chi connectivity index (χ0) is 30.4. The predicted molar refractivity (Wildman–Crippen MR) is 154 cm³/mol. The maximum atomic E-state index is 14.5. The third-order valence-electron chi connectivity index (χ3n) is 13.8. The lowest BCUT2D eigenvalue weighted by atomic mass is 9.33. The van der Waals surface area contributed by atoms with E-state index in [1.165, 1.54) is 5.57 Å². The Morgan fingerprint density at radius 1 is 0.878 bits per heavy atom. The Bertz CT molecular complexity index is 1200. The Morgan fingerprint density at radius 2 is 1.54 bits per heavy atom. The van der Waals surface area contributed by atoms with Crippen molar-refractivity contribution < 1.29 is 34.1 Å². The fraction of sp³-hybridized carbons (Fsp3) is 0.824. The maximum absolute atomic E-state index is 14.5. The molecule has 7 nitrogen and oxygen atoms in total. The standard InChI is InChI=1S/C34H50O7/c1-29(2)23-10-13-34(7)27(32(23,5)12-11-24(29)41-26(38)9-8-25(36)37)22(35)18-20-21-19-31(4,28(39)40)15-14-30(21,3)16-17-33(20,34)6/h18,21,23-24,27H,8-17,19H2,1-7H3,(H,36,37)(H,39,40)/t21-,23?,24+,27-,30-,31-,32+,33-,34-/m1/s1. The van der Waals surface area contributed by atoms with E-state index in [1.807, 2.05) is 13.0 Å². The van der Waals surface area contributed by atoms with Gasteiger partial charge in [-0.3, -0.25) is 19.2 Å². The fourth-order valence-electron chi connectivity index (χ4n) is 11.0. The summed E-state index contributed by atoms with van der Waals surface area (Å²) in [6.45, 7) is 15.5. The van der Waals surface area contributed by atoms with Crippen molar-refractivity contribution in [2.45, 2.75) is 125 Å². The van der Waals surface area contributed by atoms with Crippen molar-refractivity contribution in [3.8, 4) is 0 Å². The van der Waals surface area contributed by atoms with E-state index in [0.717, 1.165) is 38.5 Å². The van der Waals surface area contributed by atoms with E-state index in [0.29, 0.717) is 19.3 Å². The Morgan fingerprint density at radius 3 is 2.17 bits per heavy atom. The van der Waals surface area contributed by atoms with Crippen LogP contribution in [-0.2, 0) is 23.9 Å². The van der Waals surface area contributed by atoms with Crippen LogP contribution in [0.1, 0.15) is 119 Å². The van der Waals surface area contributed by atoms with Crippen molar-refractivity contribution in [2.24, 2.45) is 50.2 Å². The quantitative estimate of drug-likeness (QED) is 0.348. The molecule has 41 heavy (non-hydrogen) atoms. The Balaban J connectivity index is 1.49. The molecule has 0 aromatic carbocycles. The van der Waals surface area contributed by atoms with Gasteiger partial charge in [-0.15, -0.1) is 0 Å². The highest BCUT2D eigenvalue weighted by atomic mass is 16.5. The van der Waals surface area contributed by atoms with Gasteiger partial charge in [0.15, 0.2) is 5.78 Å². The number of hydrogen-bond acceptors (Lipinski definition) is 5. The van der Waals surface area contributed by atoms with Gasteiger partial charge in [0, 0.05) is 11.3 Å². The normalized spacial score (nSPS) is 46.6. The van der Waals surface area contributed by atoms with Gasteiger partial charge in [-0.2, -0.15) is 0 Å². The minimum Gasteiger partial charge on any atom is -0.481 e. The maximum Gasteiger partial charge on any atom is 0.309 e. The minimum atomic E-state index is -1.01. The molecule has 0 bridgehead atoms. The number of ketones is 1. The summed E-state index contributed by atoms with van der Waals surface area (Å²) in [4.78, 5) is 50.3. The summed E-state index contributed by atoms with van der Waals surface area (Å²) in [7, 11) is 0. The average molecular weight is 571 g/mol. The number of aliphatic carboxylic acids is 2. The number of carbonyl (C=O) groups is 4. The second-order valence-electron chi connectivity index (χ2n) is 16.3. The van der Waals surface area contributed by atoms with Gasteiger partial charge < -0.3 is 14.9 Å². The number of hydrogen-bond donors (Lipinski definition) is 2. The highest BCUT2D eigenvalue weighted by Gasteiger charge is 2.70. The predicted octanol–water partition coefficient (Wildman–Crippen LogP) is 6.83. The summed E-state index contributed by atoms with van der Waals surface area (Å²) in [5.74, 6) is -1.87. The largest absolute Gasteiger partial charge is 0.481 e. The van der Waals surface area contributed by atoms with Gasteiger partial charge in [-0.05, 0) is 104 Å². The molecule has 1 unspecified atom stereocenters. The molecule has 0 spiro atoms. The van der Waals surface area contributed by atoms with Crippen LogP contribution in [0.15, 0.2) is 11.6 Å². The molecule has 0 amide bonds. The molecule has 0 heterocycles. The van der Waals surface area contributed by atoms with E-state index < -0.39 is 23.3 Å². The van der Waals surface area contributed by atoms with Crippen LogP contribution in [0.25, 0.3) is 0 Å². The molecule has 5 aliphatic carbocycles. The zero-order valence-electron chi connectivity index (χ0n) is 26.1. The van der Waals surface area contributed by atoms with Crippen LogP contribution < -0.4 is 0 Å². The lowest BCUT2D eigenvalue weighted by Gasteiger charge is -2.70. The molecule has 7 heteroatoms. The van der Waals surface area contributed by atoms with Crippen molar-refractivity contribution in [2.75, 3.05) is 0 Å². The van der Waals surface area contributed by atoms with Crippen LogP contribution in [0.5, 0.6) is 0 Å². The van der Waals surface area contributed by atoms with Gasteiger partial charge in [0.05, 0.1) is 18.3 Å². The van der Waals surface area contributed by atoms with Crippen LogP contribution in [0, 0.1) is 50.2 Å². The summed E-state index contributed by atoms with van der Waals surface area (Å²) in [5.41, 5.74) is -0.553. The van der Waals surface area contributed by atoms with Crippen molar-refractivity contribution in [3.63, 3.8) is 0 Å². The molecule has 5 aliphatic rings. The molecule has 0 aliphatic heterocycles. The average Bonchev–Trinajstić information content (AvgIpc) is 2.86. The van der Waals surface area contributed by atoms with E-state index in [-0.39, 0.29) is 69.6 Å². The number of allylic oxidation sites excluding steroid dienone is 2. The first-order valence-electron chi connectivity index (χ1n) is 15.7. The van der Waals surface area contributed by atoms with E-state index in [9.17, 15) is 24.3 Å². The number of carbonyl (C=O) groups excluding carboxylic acids is 2. The van der Waals surface area contributed by atoms with E-state index in [2.05, 4.69) is 41.5 Å². The van der Waals surface area contributed by atoms with Crippen molar-refractivity contribution >= 4 is 23.7 Å². The Labute approximate surface area is 244 Å². The molecule has 4 fully saturated rings. The number of rotatable bonds is 5. The van der Waals surface area contributed by atoms with E-state index in [1.54, 1.807) is 0 Å². The summed E-state index contributed by atoms with van der Waals surface area (Å²) in [6, 6.07) is 0. The van der Waals surface area contributed by atoms with Crippen LogP contribution in [0.3, 0.4) is 0 Å². The molecule has 0 saturated heterocycles. The second kappa shape index (κ2) is 9.41. The van der Waals surface area contributed by atoms with Gasteiger partial charge in [0.1, 0.15) is 6.10 Å². The summed E-state index contributed by atoms with van der Waals surface area (Å²) in [5, 5.41) is 19.1. The van der Waals surface area contributed by atoms with Crippen LogP contribution in [-0.4, -0.2) is 40.0 Å². The molecule has 0 radical (unpaired) electrons. The Kier molecular flexibility index (Phi) is 6.95. The third kappa shape index (κ3) is 4.25. The summed E-state index contributed by atoms with van der Waals surface area (Å²) >= 11 is 0. The van der Waals surface area contributed by atoms with E-state index >= 15 is 0 Å². The van der Waals surface area contributed by atoms with Crippen molar-refractivity contribution in [1.29, 1.82) is 0 Å².